The van der Waals surface area contributed by atoms with Gasteiger partial charge in [0.2, 0.25) is 0 Å². The van der Waals surface area contributed by atoms with Gasteiger partial charge >= 0.3 is 5.97 Å². The van der Waals surface area contributed by atoms with Crippen molar-refractivity contribution < 1.29 is 19.0 Å². The van der Waals surface area contributed by atoms with Gasteiger partial charge in [0.15, 0.2) is 16.3 Å². The highest BCUT2D eigenvalue weighted by Gasteiger charge is 2.33. The summed E-state index contributed by atoms with van der Waals surface area (Å²) in [4.78, 5) is 32.2. The Morgan fingerprint density at radius 3 is 2.51 bits per heavy atom. The Kier molecular flexibility index (Phi) is 8.61. The van der Waals surface area contributed by atoms with Gasteiger partial charge in [0.25, 0.3) is 5.56 Å². The molecule has 0 amide bonds. The minimum absolute atomic E-state index is 0.214. The number of ether oxygens (including phenoxy) is 3. The van der Waals surface area contributed by atoms with Crippen LogP contribution in [0.25, 0.3) is 16.8 Å². The lowest BCUT2D eigenvalue weighted by Crippen LogP contribution is -2.39. The van der Waals surface area contributed by atoms with Crippen molar-refractivity contribution in [2.75, 3.05) is 13.7 Å². The fourth-order valence-corrected chi connectivity index (χ4v) is 6.77. The van der Waals surface area contributed by atoms with Crippen LogP contribution in [-0.2, 0) is 16.1 Å². The molecule has 0 fully saturated rings. The summed E-state index contributed by atoms with van der Waals surface area (Å²) in [5.41, 5.74) is 4.11. The Morgan fingerprint density at radius 1 is 1.02 bits per heavy atom. The molecule has 0 saturated heterocycles. The van der Waals surface area contributed by atoms with E-state index in [1.807, 2.05) is 49.4 Å². The predicted molar refractivity (Wildman–Crippen MR) is 178 cm³/mol. The van der Waals surface area contributed by atoms with Crippen molar-refractivity contribution in [3.63, 3.8) is 0 Å². The highest BCUT2D eigenvalue weighted by Crippen LogP contribution is 2.37. The van der Waals surface area contributed by atoms with Gasteiger partial charge < -0.3 is 14.2 Å². The molecule has 0 radical (unpaired) electrons. The van der Waals surface area contributed by atoms with Crippen LogP contribution in [0.1, 0.15) is 42.1 Å². The van der Waals surface area contributed by atoms with Crippen molar-refractivity contribution in [1.82, 2.24) is 4.57 Å². The number of allylic oxidation sites excluding steroid dienone is 1. The number of carbonyl (C=O) groups excluding carboxylic acids is 1. The normalized spacial score (nSPS) is 14.7. The molecule has 45 heavy (non-hydrogen) atoms. The van der Waals surface area contributed by atoms with Crippen LogP contribution in [0, 0.1) is 6.92 Å². The van der Waals surface area contributed by atoms with Crippen LogP contribution in [0.3, 0.4) is 0 Å². The van der Waals surface area contributed by atoms with Crippen LogP contribution in [0.2, 0.25) is 5.02 Å². The zero-order valence-electron chi connectivity index (χ0n) is 25.3. The van der Waals surface area contributed by atoms with Crippen LogP contribution >= 0.6 is 22.9 Å². The number of thiazole rings is 1. The zero-order valence-corrected chi connectivity index (χ0v) is 26.9. The maximum atomic E-state index is 14.0. The molecule has 0 N–H and O–H groups in total. The van der Waals surface area contributed by atoms with Gasteiger partial charge in [-0.2, -0.15) is 0 Å². The lowest BCUT2D eigenvalue weighted by molar-refractivity contribution is -0.139. The number of hydrogen-bond donors (Lipinski definition) is 0. The van der Waals surface area contributed by atoms with Gasteiger partial charge in [-0.1, -0.05) is 89.2 Å². The topological polar surface area (TPSA) is 79.1 Å². The second-order valence-corrected chi connectivity index (χ2v) is 12.1. The minimum Gasteiger partial charge on any atom is -0.493 e. The summed E-state index contributed by atoms with van der Waals surface area (Å²) in [6.07, 6.45) is 1.75. The predicted octanol–water partition coefficient (Wildman–Crippen LogP) is 6.50. The lowest BCUT2D eigenvalue weighted by atomic mass is 9.95. The van der Waals surface area contributed by atoms with Gasteiger partial charge in [-0.15, -0.1) is 0 Å². The van der Waals surface area contributed by atoms with E-state index >= 15 is 0 Å². The highest BCUT2D eigenvalue weighted by molar-refractivity contribution is 7.07. The Morgan fingerprint density at radius 2 is 1.78 bits per heavy atom. The van der Waals surface area contributed by atoms with Crippen molar-refractivity contribution in [3.05, 3.63) is 137 Å². The van der Waals surface area contributed by atoms with E-state index in [1.54, 1.807) is 43.7 Å². The maximum absolute atomic E-state index is 14.0. The van der Waals surface area contributed by atoms with Crippen LogP contribution in [0.5, 0.6) is 11.5 Å². The molecule has 7 nitrogen and oxygen atoms in total. The quantitative estimate of drug-likeness (QED) is 0.181. The van der Waals surface area contributed by atoms with Gasteiger partial charge in [-0.3, -0.25) is 9.36 Å². The van der Waals surface area contributed by atoms with E-state index in [2.05, 4.69) is 29.3 Å². The fourth-order valence-electron chi connectivity index (χ4n) is 5.45. The monoisotopic (exact) mass is 638 g/mol. The van der Waals surface area contributed by atoms with E-state index in [1.165, 1.54) is 11.3 Å². The van der Waals surface area contributed by atoms with E-state index in [0.717, 1.165) is 27.5 Å². The molecule has 0 unspecified atom stereocenters. The minimum atomic E-state index is -0.674. The van der Waals surface area contributed by atoms with Crippen LogP contribution in [0.15, 0.2) is 99.9 Å². The molecule has 228 valence electrons. The van der Waals surface area contributed by atoms with Gasteiger partial charge in [0.1, 0.15) is 6.61 Å². The summed E-state index contributed by atoms with van der Waals surface area (Å²) >= 11 is 7.97. The van der Waals surface area contributed by atoms with Crippen molar-refractivity contribution in [2.45, 2.75) is 33.4 Å². The summed E-state index contributed by atoms with van der Waals surface area (Å²) in [6.45, 7) is 6.03. The molecule has 2 heterocycles. The Balaban J connectivity index is 1.37. The first-order valence-corrected chi connectivity index (χ1v) is 15.7. The SMILES string of the molecule is CCOC(=O)C1=C(C)N=c2s/c(=C/c3cc(Cl)c(OCc4ccc5ccccc5c4)c(OC)c3)c(=O)n2[C@H]1c1ccc(C)cc1. The molecule has 0 bridgehead atoms. The third kappa shape index (κ3) is 6.03. The van der Waals surface area contributed by atoms with Crippen LogP contribution < -0.4 is 24.4 Å². The van der Waals surface area contributed by atoms with E-state index < -0.39 is 12.0 Å². The first-order chi connectivity index (χ1) is 21.8. The number of hydrogen-bond acceptors (Lipinski definition) is 7. The molecule has 1 aliphatic rings. The number of benzene rings is 4. The number of aryl methyl sites for hydroxylation is 1. The summed E-state index contributed by atoms with van der Waals surface area (Å²) in [6, 6.07) is 24.9. The molecular formula is C36H31ClN2O5S. The van der Waals surface area contributed by atoms with Crippen molar-refractivity contribution >= 4 is 45.8 Å². The zero-order chi connectivity index (χ0) is 31.7. The first kappa shape index (κ1) is 30.4. The average Bonchev–Trinajstić information content (AvgIpc) is 3.33. The van der Waals surface area contributed by atoms with Gasteiger partial charge in [0, 0.05) is 0 Å². The molecule has 0 aliphatic carbocycles. The summed E-state index contributed by atoms with van der Waals surface area (Å²) < 4.78 is 19.2. The average molecular weight is 639 g/mol. The maximum Gasteiger partial charge on any atom is 0.338 e. The third-order valence-corrected chi connectivity index (χ3v) is 8.92. The number of nitrogens with zero attached hydrogens (tertiary/aromatic N) is 2. The fraction of sp³-hybridized carbons (Fsp3) is 0.194. The number of carbonyl (C=O) groups is 1. The number of fused-ring (bicyclic) bond motifs is 2. The summed E-state index contributed by atoms with van der Waals surface area (Å²) in [5, 5.41) is 2.64. The summed E-state index contributed by atoms with van der Waals surface area (Å²) in [5.74, 6) is 0.370. The lowest BCUT2D eigenvalue weighted by Gasteiger charge is -2.24. The van der Waals surface area contributed by atoms with Crippen molar-refractivity contribution in [1.29, 1.82) is 0 Å². The number of aromatic nitrogens is 1. The van der Waals surface area contributed by atoms with Gasteiger partial charge in [0.05, 0.1) is 40.6 Å². The largest absolute Gasteiger partial charge is 0.493 e. The molecule has 9 heteroatoms. The molecule has 0 saturated carbocycles. The van der Waals surface area contributed by atoms with Gasteiger partial charge in [-0.05, 0) is 72.5 Å². The van der Waals surface area contributed by atoms with E-state index in [-0.39, 0.29) is 12.2 Å². The standard InChI is InChI=1S/C36H31ClN2O5S/c1-5-43-35(41)31-22(3)38-36-39(32(31)26-13-10-21(2)11-14-26)34(40)30(45-36)19-24-17-28(37)33(29(18-24)42-4)44-20-23-12-15-25-8-6-7-9-27(25)16-23/h6-19,32H,5,20H2,1-4H3/b30-19+/t32-/m0/s1. The Bertz CT molecular complexity index is 2150. The number of rotatable bonds is 8. The Labute approximate surface area is 269 Å². The van der Waals surface area contributed by atoms with Gasteiger partial charge in [-0.25, -0.2) is 9.79 Å². The molecule has 6 rings (SSSR count). The summed E-state index contributed by atoms with van der Waals surface area (Å²) in [7, 11) is 1.55. The van der Waals surface area contributed by atoms with Crippen molar-refractivity contribution in [2.24, 2.45) is 4.99 Å². The second-order valence-electron chi connectivity index (χ2n) is 10.7. The number of halogens is 1. The molecular weight excluding hydrogens is 608 g/mol. The highest BCUT2D eigenvalue weighted by atomic mass is 35.5. The van der Waals surface area contributed by atoms with E-state index in [9.17, 15) is 9.59 Å². The Hall–Kier alpha value is -4.66. The van der Waals surface area contributed by atoms with Crippen LogP contribution in [0.4, 0.5) is 0 Å². The number of methoxy groups -OCH3 is 1. The molecule has 5 aromatic rings. The van der Waals surface area contributed by atoms with Crippen LogP contribution in [-0.4, -0.2) is 24.3 Å². The molecule has 1 aliphatic heterocycles. The second kappa shape index (κ2) is 12.8. The third-order valence-electron chi connectivity index (χ3n) is 7.66. The smallest absolute Gasteiger partial charge is 0.338 e. The molecule has 0 spiro atoms. The van der Waals surface area contributed by atoms with E-state index in [4.69, 9.17) is 25.8 Å². The van der Waals surface area contributed by atoms with Crippen molar-refractivity contribution in [3.8, 4) is 11.5 Å². The molecule has 1 aromatic heterocycles. The number of esters is 1. The first-order valence-electron chi connectivity index (χ1n) is 14.5. The van der Waals surface area contributed by atoms with E-state index in [0.29, 0.717) is 49.3 Å². The molecule has 1 atom stereocenters. The molecule has 4 aromatic carbocycles.